The predicted octanol–water partition coefficient (Wildman–Crippen LogP) is 5.53. The third-order valence-corrected chi connectivity index (χ3v) is 5.96. The van der Waals surface area contributed by atoms with Crippen molar-refractivity contribution in [3.05, 3.63) is 48.3 Å². The average molecular weight is 430 g/mol. The molecule has 0 fully saturated rings. The van der Waals surface area contributed by atoms with Gasteiger partial charge in [-0.05, 0) is 43.0 Å². The zero-order valence-electron chi connectivity index (χ0n) is 17.9. The third kappa shape index (κ3) is 11.8. The van der Waals surface area contributed by atoms with E-state index in [0.29, 0.717) is 13.0 Å². The van der Waals surface area contributed by atoms with Gasteiger partial charge in [-0.2, -0.15) is 0 Å². The van der Waals surface area contributed by atoms with Gasteiger partial charge in [0.05, 0.1) is 0 Å². The van der Waals surface area contributed by atoms with E-state index in [2.05, 4.69) is 15.3 Å². The second kappa shape index (κ2) is 15.7. The van der Waals surface area contributed by atoms with Crippen LogP contribution in [0.1, 0.15) is 69.8 Å². The zero-order valence-corrected chi connectivity index (χ0v) is 18.7. The summed E-state index contributed by atoms with van der Waals surface area (Å²) in [5.74, 6) is 1.52. The van der Waals surface area contributed by atoms with Crippen molar-refractivity contribution in [2.75, 3.05) is 12.3 Å². The Bertz CT molecular complexity index is 695. The Morgan fingerprint density at radius 3 is 2.13 bits per heavy atom. The standard InChI is InChI=1S/C24H35N3O2S/c28-22-14-12-21(13-15-22)16-19-25-23(29)11-8-6-4-2-1-3-5-7-9-20-30-24-26-17-10-18-27-24/h10,12-15,17-18,28H,1-9,11,16,19-20H2,(H,25,29). The highest BCUT2D eigenvalue weighted by molar-refractivity contribution is 7.99. The smallest absolute Gasteiger partial charge is 0.220 e. The number of benzene rings is 1. The van der Waals surface area contributed by atoms with Crippen molar-refractivity contribution in [1.82, 2.24) is 15.3 Å². The molecular weight excluding hydrogens is 394 g/mol. The van der Waals surface area contributed by atoms with Gasteiger partial charge in [0, 0.05) is 31.1 Å². The summed E-state index contributed by atoms with van der Waals surface area (Å²) in [4.78, 5) is 20.3. The number of unbranched alkanes of at least 4 members (excludes halogenated alkanes) is 8. The van der Waals surface area contributed by atoms with Crippen molar-refractivity contribution < 1.29 is 9.90 Å². The molecule has 1 amide bonds. The summed E-state index contributed by atoms with van der Waals surface area (Å²) in [6.07, 6.45) is 16.0. The molecule has 2 aromatic rings. The second-order valence-corrected chi connectivity index (χ2v) is 8.64. The Hall–Kier alpha value is -2.08. The molecule has 1 aromatic heterocycles. The van der Waals surface area contributed by atoms with Crippen LogP contribution in [0.4, 0.5) is 0 Å². The van der Waals surface area contributed by atoms with E-state index in [1.54, 1.807) is 36.3 Å². The summed E-state index contributed by atoms with van der Waals surface area (Å²) in [7, 11) is 0. The number of phenolic OH excluding ortho intramolecular Hbond substituents is 1. The Kier molecular flexibility index (Phi) is 12.7. The molecule has 1 heterocycles. The minimum atomic E-state index is 0.146. The molecule has 0 aliphatic heterocycles. The van der Waals surface area contributed by atoms with Crippen LogP contribution in [0.3, 0.4) is 0 Å². The maximum absolute atomic E-state index is 11.9. The Morgan fingerprint density at radius 2 is 1.47 bits per heavy atom. The molecule has 0 atom stereocenters. The largest absolute Gasteiger partial charge is 0.508 e. The number of nitrogens with zero attached hydrogens (tertiary/aromatic N) is 2. The van der Waals surface area contributed by atoms with Gasteiger partial charge in [-0.3, -0.25) is 4.79 Å². The van der Waals surface area contributed by atoms with E-state index < -0.39 is 0 Å². The molecule has 0 spiro atoms. The lowest BCUT2D eigenvalue weighted by molar-refractivity contribution is -0.121. The molecule has 2 rings (SSSR count). The molecular formula is C24H35N3O2S. The first kappa shape index (κ1) is 24.2. The lowest BCUT2D eigenvalue weighted by atomic mass is 10.1. The molecule has 0 aliphatic carbocycles. The van der Waals surface area contributed by atoms with Crippen molar-refractivity contribution in [2.45, 2.75) is 75.8 Å². The number of amides is 1. The van der Waals surface area contributed by atoms with Crippen LogP contribution in [0.15, 0.2) is 47.9 Å². The summed E-state index contributed by atoms with van der Waals surface area (Å²) in [5.41, 5.74) is 1.12. The fourth-order valence-corrected chi connectivity index (χ4v) is 4.05. The molecule has 0 unspecified atom stereocenters. The maximum atomic E-state index is 11.9. The fraction of sp³-hybridized carbons (Fsp3) is 0.542. The van der Waals surface area contributed by atoms with E-state index in [4.69, 9.17) is 0 Å². The number of aromatic hydroxyl groups is 1. The minimum absolute atomic E-state index is 0.146. The van der Waals surface area contributed by atoms with E-state index in [0.717, 1.165) is 35.7 Å². The van der Waals surface area contributed by atoms with Gasteiger partial charge in [0.15, 0.2) is 5.16 Å². The van der Waals surface area contributed by atoms with E-state index in [1.807, 2.05) is 18.2 Å². The molecule has 0 saturated heterocycles. The van der Waals surface area contributed by atoms with Gasteiger partial charge in [-0.25, -0.2) is 9.97 Å². The van der Waals surface area contributed by atoms with Gasteiger partial charge in [0.1, 0.15) is 5.75 Å². The number of rotatable bonds is 16. The molecule has 6 heteroatoms. The van der Waals surface area contributed by atoms with E-state index in [9.17, 15) is 9.90 Å². The molecule has 5 nitrogen and oxygen atoms in total. The first-order valence-corrected chi connectivity index (χ1v) is 12.2. The molecule has 0 aliphatic rings. The highest BCUT2D eigenvalue weighted by Gasteiger charge is 2.01. The van der Waals surface area contributed by atoms with Gasteiger partial charge < -0.3 is 10.4 Å². The first-order valence-electron chi connectivity index (χ1n) is 11.2. The van der Waals surface area contributed by atoms with Crippen LogP contribution in [0.5, 0.6) is 5.75 Å². The molecule has 0 saturated carbocycles. The fourth-order valence-electron chi connectivity index (χ4n) is 3.25. The lowest BCUT2D eigenvalue weighted by Crippen LogP contribution is -2.25. The summed E-state index contributed by atoms with van der Waals surface area (Å²) >= 11 is 1.74. The average Bonchev–Trinajstić information content (AvgIpc) is 2.76. The second-order valence-electron chi connectivity index (χ2n) is 7.58. The molecule has 164 valence electrons. The topological polar surface area (TPSA) is 75.1 Å². The van der Waals surface area contributed by atoms with E-state index >= 15 is 0 Å². The molecule has 1 aromatic carbocycles. The Balaban J connectivity index is 1.32. The molecule has 2 N–H and O–H groups in total. The third-order valence-electron chi connectivity index (χ3n) is 4.99. The van der Waals surface area contributed by atoms with Crippen LogP contribution < -0.4 is 5.32 Å². The van der Waals surface area contributed by atoms with Gasteiger partial charge in [-0.15, -0.1) is 0 Å². The SMILES string of the molecule is O=C(CCCCCCCCCCCSc1ncccn1)NCCc1ccc(O)cc1. The quantitative estimate of drug-likeness (QED) is 0.208. The zero-order chi connectivity index (χ0) is 21.3. The summed E-state index contributed by atoms with van der Waals surface area (Å²) in [6.45, 7) is 0.653. The van der Waals surface area contributed by atoms with Gasteiger partial charge in [-0.1, -0.05) is 68.8 Å². The Labute approximate surface area is 185 Å². The van der Waals surface area contributed by atoms with Crippen molar-refractivity contribution in [2.24, 2.45) is 0 Å². The normalized spacial score (nSPS) is 10.8. The van der Waals surface area contributed by atoms with Crippen molar-refractivity contribution >= 4 is 17.7 Å². The number of phenols is 1. The number of thioether (sulfide) groups is 1. The lowest BCUT2D eigenvalue weighted by Gasteiger charge is -2.06. The van der Waals surface area contributed by atoms with Crippen LogP contribution >= 0.6 is 11.8 Å². The number of nitrogens with one attached hydrogen (secondary N) is 1. The predicted molar refractivity (Wildman–Crippen MR) is 124 cm³/mol. The number of hydrogen-bond acceptors (Lipinski definition) is 5. The minimum Gasteiger partial charge on any atom is -0.508 e. The number of carbonyl (C=O) groups is 1. The highest BCUT2D eigenvalue weighted by Crippen LogP contribution is 2.16. The molecule has 30 heavy (non-hydrogen) atoms. The van der Waals surface area contributed by atoms with Gasteiger partial charge >= 0.3 is 0 Å². The summed E-state index contributed by atoms with van der Waals surface area (Å²) < 4.78 is 0. The summed E-state index contributed by atoms with van der Waals surface area (Å²) in [5, 5.41) is 13.1. The number of hydrogen-bond donors (Lipinski definition) is 2. The monoisotopic (exact) mass is 429 g/mol. The van der Waals surface area contributed by atoms with E-state index in [-0.39, 0.29) is 11.7 Å². The molecule has 0 radical (unpaired) electrons. The first-order chi connectivity index (χ1) is 14.7. The van der Waals surface area contributed by atoms with Crippen molar-refractivity contribution in [3.8, 4) is 5.75 Å². The van der Waals surface area contributed by atoms with Crippen LogP contribution in [-0.2, 0) is 11.2 Å². The van der Waals surface area contributed by atoms with Crippen molar-refractivity contribution in [3.63, 3.8) is 0 Å². The van der Waals surface area contributed by atoms with Gasteiger partial charge in [0.2, 0.25) is 5.91 Å². The van der Waals surface area contributed by atoms with Crippen LogP contribution in [0.2, 0.25) is 0 Å². The molecule has 0 bridgehead atoms. The number of carbonyl (C=O) groups excluding carboxylic acids is 1. The van der Waals surface area contributed by atoms with Crippen LogP contribution in [-0.4, -0.2) is 33.3 Å². The summed E-state index contributed by atoms with van der Waals surface area (Å²) in [6, 6.07) is 8.98. The Morgan fingerprint density at radius 1 is 0.867 bits per heavy atom. The van der Waals surface area contributed by atoms with Crippen LogP contribution in [0, 0.1) is 0 Å². The van der Waals surface area contributed by atoms with E-state index in [1.165, 1.54) is 44.9 Å². The van der Waals surface area contributed by atoms with Gasteiger partial charge in [0.25, 0.3) is 0 Å². The maximum Gasteiger partial charge on any atom is 0.220 e. The highest BCUT2D eigenvalue weighted by atomic mass is 32.2. The number of aromatic nitrogens is 2. The van der Waals surface area contributed by atoms with Crippen LogP contribution in [0.25, 0.3) is 0 Å². The van der Waals surface area contributed by atoms with Crippen molar-refractivity contribution in [1.29, 1.82) is 0 Å².